The Labute approximate surface area is 98.3 Å². The van der Waals surface area contributed by atoms with Crippen molar-refractivity contribution in [3.8, 4) is 0 Å². The summed E-state index contributed by atoms with van der Waals surface area (Å²) in [5.41, 5.74) is 0. The molecular formula is C11H22N2O2S. The van der Waals surface area contributed by atoms with E-state index in [1.165, 1.54) is 0 Å². The molecule has 0 spiro atoms. The van der Waals surface area contributed by atoms with Crippen LogP contribution in [0.3, 0.4) is 0 Å². The quantitative estimate of drug-likeness (QED) is 0.751. The fourth-order valence-electron chi connectivity index (χ4n) is 2.81. The third kappa shape index (κ3) is 2.76. The molecule has 0 aromatic rings. The van der Waals surface area contributed by atoms with Gasteiger partial charge in [0.1, 0.15) is 0 Å². The SMILES string of the molecule is CC(C)CN1CCCNC2CS(=O)(=O)CC21. The predicted octanol–water partition coefficient (Wildman–Crippen LogP) is 0.103. The van der Waals surface area contributed by atoms with Crippen LogP contribution in [-0.4, -0.2) is 56.5 Å². The van der Waals surface area contributed by atoms with Crippen molar-refractivity contribution in [3.05, 3.63) is 0 Å². The highest BCUT2D eigenvalue weighted by Gasteiger charge is 2.41. The second-order valence-electron chi connectivity index (χ2n) is 5.45. The summed E-state index contributed by atoms with van der Waals surface area (Å²) in [6, 6.07) is 0.362. The molecule has 2 aliphatic rings. The van der Waals surface area contributed by atoms with Gasteiger partial charge in [-0.1, -0.05) is 13.8 Å². The summed E-state index contributed by atoms with van der Waals surface area (Å²) in [6.45, 7) is 7.37. The molecule has 0 amide bonds. The van der Waals surface area contributed by atoms with Gasteiger partial charge in [0.25, 0.3) is 0 Å². The normalized spacial score (nSPS) is 34.9. The van der Waals surface area contributed by atoms with Gasteiger partial charge in [-0.2, -0.15) is 0 Å². The van der Waals surface area contributed by atoms with E-state index in [0.717, 1.165) is 26.1 Å². The average molecular weight is 246 g/mol. The molecule has 2 atom stereocenters. The van der Waals surface area contributed by atoms with Crippen molar-refractivity contribution >= 4 is 9.84 Å². The van der Waals surface area contributed by atoms with E-state index in [1.54, 1.807) is 0 Å². The van der Waals surface area contributed by atoms with Gasteiger partial charge in [-0.3, -0.25) is 4.90 Å². The monoisotopic (exact) mass is 246 g/mol. The Morgan fingerprint density at radius 2 is 2.12 bits per heavy atom. The van der Waals surface area contributed by atoms with Crippen molar-refractivity contribution in [1.82, 2.24) is 10.2 Å². The maximum atomic E-state index is 11.7. The van der Waals surface area contributed by atoms with Gasteiger partial charge >= 0.3 is 0 Å². The average Bonchev–Trinajstić information content (AvgIpc) is 2.36. The largest absolute Gasteiger partial charge is 0.311 e. The fraction of sp³-hybridized carbons (Fsp3) is 1.00. The van der Waals surface area contributed by atoms with Gasteiger partial charge in [-0.05, 0) is 25.4 Å². The van der Waals surface area contributed by atoms with Gasteiger partial charge in [0, 0.05) is 18.6 Å². The number of sulfone groups is 1. The zero-order valence-corrected chi connectivity index (χ0v) is 11.0. The Kier molecular flexibility index (Phi) is 3.56. The number of fused-ring (bicyclic) bond motifs is 1. The van der Waals surface area contributed by atoms with Crippen LogP contribution in [-0.2, 0) is 9.84 Å². The Morgan fingerprint density at radius 1 is 1.38 bits per heavy atom. The minimum absolute atomic E-state index is 0.159. The van der Waals surface area contributed by atoms with Crippen molar-refractivity contribution in [2.45, 2.75) is 32.4 Å². The van der Waals surface area contributed by atoms with E-state index in [1.807, 2.05) is 0 Å². The first-order valence-electron chi connectivity index (χ1n) is 6.16. The van der Waals surface area contributed by atoms with E-state index >= 15 is 0 Å². The first-order valence-corrected chi connectivity index (χ1v) is 7.98. The van der Waals surface area contributed by atoms with E-state index in [-0.39, 0.29) is 12.1 Å². The van der Waals surface area contributed by atoms with Crippen LogP contribution in [0.4, 0.5) is 0 Å². The van der Waals surface area contributed by atoms with E-state index < -0.39 is 9.84 Å². The van der Waals surface area contributed by atoms with Crippen LogP contribution in [0.25, 0.3) is 0 Å². The lowest BCUT2D eigenvalue weighted by Gasteiger charge is -2.30. The van der Waals surface area contributed by atoms with Gasteiger partial charge < -0.3 is 5.32 Å². The first kappa shape index (κ1) is 12.3. The van der Waals surface area contributed by atoms with E-state index in [9.17, 15) is 8.42 Å². The van der Waals surface area contributed by atoms with Gasteiger partial charge in [-0.15, -0.1) is 0 Å². The van der Waals surface area contributed by atoms with Crippen LogP contribution < -0.4 is 5.32 Å². The molecule has 94 valence electrons. The Hall–Kier alpha value is -0.130. The molecule has 2 rings (SSSR count). The molecule has 1 N–H and O–H groups in total. The molecule has 0 bridgehead atoms. The molecule has 4 nitrogen and oxygen atoms in total. The second kappa shape index (κ2) is 4.63. The standard InChI is InChI=1S/C11H22N2O2S/c1-9(2)6-13-5-3-4-12-10-7-16(14,15)8-11(10)13/h9-12H,3-8H2,1-2H3. The molecule has 0 aromatic carbocycles. The summed E-state index contributed by atoms with van der Waals surface area (Å²) >= 11 is 0. The molecule has 0 aromatic heterocycles. The van der Waals surface area contributed by atoms with Crippen molar-refractivity contribution < 1.29 is 8.42 Å². The molecule has 16 heavy (non-hydrogen) atoms. The second-order valence-corrected chi connectivity index (χ2v) is 7.60. The smallest absolute Gasteiger partial charge is 0.153 e. The van der Waals surface area contributed by atoms with Crippen molar-refractivity contribution in [3.63, 3.8) is 0 Å². The molecule has 0 saturated carbocycles. The lowest BCUT2D eigenvalue weighted by molar-refractivity contribution is 0.185. The molecule has 0 radical (unpaired) electrons. The van der Waals surface area contributed by atoms with Crippen LogP contribution in [0.15, 0.2) is 0 Å². The summed E-state index contributed by atoms with van der Waals surface area (Å²) in [5, 5.41) is 3.38. The summed E-state index contributed by atoms with van der Waals surface area (Å²) < 4.78 is 23.3. The van der Waals surface area contributed by atoms with Gasteiger partial charge in [0.2, 0.25) is 0 Å². The van der Waals surface area contributed by atoms with Gasteiger partial charge in [0.15, 0.2) is 9.84 Å². The van der Waals surface area contributed by atoms with Gasteiger partial charge in [0.05, 0.1) is 11.5 Å². The number of hydrogen-bond donors (Lipinski definition) is 1. The fourth-order valence-corrected chi connectivity index (χ4v) is 4.80. The van der Waals surface area contributed by atoms with Crippen LogP contribution in [0.2, 0.25) is 0 Å². The Morgan fingerprint density at radius 3 is 2.81 bits per heavy atom. The van der Waals surface area contributed by atoms with E-state index in [0.29, 0.717) is 17.4 Å². The summed E-state index contributed by atoms with van der Waals surface area (Å²) in [4.78, 5) is 2.37. The van der Waals surface area contributed by atoms with Crippen molar-refractivity contribution in [2.24, 2.45) is 5.92 Å². The maximum Gasteiger partial charge on any atom is 0.153 e. The highest BCUT2D eigenvalue weighted by molar-refractivity contribution is 7.91. The zero-order valence-electron chi connectivity index (χ0n) is 10.1. The predicted molar refractivity (Wildman–Crippen MR) is 65.3 cm³/mol. The lowest BCUT2D eigenvalue weighted by Crippen LogP contribution is -2.47. The third-order valence-corrected chi connectivity index (χ3v) is 5.14. The van der Waals surface area contributed by atoms with Crippen LogP contribution >= 0.6 is 0 Å². The molecule has 2 unspecified atom stereocenters. The molecule has 0 aliphatic carbocycles. The van der Waals surface area contributed by atoms with Crippen molar-refractivity contribution in [1.29, 1.82) is 0 Å². The molecular weight excluding hydrogens is 224 g/mol. The summed E-state index contributed by atoms with van der Waals surface area (Å²) in [5.74, 6) is 1.27. The highest BCUT2D eigenvalue weighted by atomic mass is 32.2. The molecule has 2 heterocycles. The third-order valence-electron chi connectivity index (χ3n) is 3.42. The summed E-state index contributed by atoms with van der Waals surface area (Å²) in [6.07, 6.45) is 1.12. The number of nitrogens with zero attached hydrogens (tertiary/aromatic N) is 1. The maximum absolute atomic E-state index is 11.7. The number of nitrogens with one attached hydrogen (secondary N) is 1. The van der Waals surface area contributed by atoms with E-state index in [2.05, 4.69) is 24.1 Å². The van der Waals surface area contributed by atoms with Crippen LogP contribution in [0, 0.1) is 5.92 Å². The van der Waals surface area contributed by atoms with E-state index in [4.69, 9.17) is 0 Å². The van der Waals surface area contributed by atoms with Crippen LogP contribution in [0.5, 0.6) is 0 Å². The van der Waals surface area contributed by atoms with Crippen molar-refractivity contribution in [2.75, 3.05) is 31.1 Å². The highest BCUT2D eigenvalue weighted by Crippen LogP contribution is 2.21. The minimum atomic E-state index is -2.82. The Bertz CT molecular complexity index is 340. The lowest BCUT2D eigenvalue weighted by atomic mass is 10.1. The zero-order chi connectivity index (χ0) is 11.8. The molecule has 2 saturated heterocycles. The molecule has 5 heteroatoms. The molecule has 2 aliphatic heterocycles. The number of hydrogen-bond acceptors (Lipinski definition) is 4. The van der Waals surface area contributed by atoms with Crippen LogP contribution in [0.1, 0.15) is 20.3 Å². The minimum Gasteiger partial charge on any atom is -0.311 e. The topological polar surface area (TPSA) is 49.4 Å². The first-order chi connectivity index (χ1) is 7.48. The number of rotatable bonds is 2. The van der Waals surface area contributed by atoms with Gasteiger partial charge in [-0.25, -0.2) is 8.42 Å². The summed E-state index contributed by atoms with van der Waals surface area (Å²) in [7, 11) is -2.82. The molecule has 2 fully saturated rings. The Balaban J connectivity index is 2.12.